The SMILES string of the molecule is COC(=O)c1cc(C(F)(F)F)c(C(C)=O)cc1Oc1ccc(F)cc1C. The molecule has 8 heteroatoms. The summed E-state index contributed by atoms with van der Waals surface area (Å²) in [5, 5.41) is 0. The molecule has 2 aromatic rings. The van der Waals surface area contributed by atoms with Gasteiger partial charge in [0.1, 0.15) is 22.9 Å². The second-order valence-corrected chi connectivity index (χ2v) is 5.45. The monoisotopic (exact) mass is 370 g/mol. The number of esters is 1. The van der Waals surface area contributed by atoms with E-state index in [4.69, 9.17) is 4.74 Å². The van der Waals surface area contributed by atoms with Crippen LogP contribution in [-0.2, 0) is 10.9 Å². The van der Waals surface area contributed by atoms with Crippen LogP contribution in [0.2, 0.25) is 0 Å². The van der Waals surface area contributed by atoms with Crippen molar-refractivity contribution in [3.8, 4) is 11.5 Å². The maximum Gasteiger partial charge on any atom is 0.417 e. The summed E-state index contributed by atoms with van der Waals surface area (Å²) in [6.45, 7) is 2.49. The number of Topliss-reactive ketones (excluding diaryl/α,β-unsaturated/α-hetero) is 1. The maximum atomic E-state index is 13.2. The average Bonchev–Trinajstić information content (AvgIpc) is 2.55. The Balaban J connectivity index is 2.68. The zero-order chi connectivity index (χ0) is 19.6. The van der Waals surface area contributed by atoms with Crippen molar-refractivity contribution in [2.75, 3.05) is 7.11 Å². The van der Waals surface area contributed by atoms with E-state index in [1.54, 1.807) is 0 Å². The first-order valence-corrected chi connectivity index (χ1v) is 7.33. The van der Waals surface area contributed by atoms with Gasteiger partial charge < -0.3 is 9.47 Å². The van der Waals surface area contributed by atoms with Crippen molar-refractivity contribution in [1.82, 2.24) is 0 Å². The number of benzene rings is 2. The number of rotatable bonds is 4. The second kappa shape index (κ2) is 7.15. The lowest BCUT2D eigenvalue weighted by molar-refractivity contribution is -0.137. The molecular formula is C18H14F4O4. The lowest BCUT2D eigenvalue weighted by Gasteiger charge is -2.17. The number of hydrogen-bond donors (Lipinski definition) is 0. The minimum atomic E-state index is -4.85. The summed E-state index contributed by atoms with van der Waals surface area (Å²) in [5.41, 5.74) is -2.08. The zero-order valence-electron chi connectivity index (χ0n) is 14.0. The van der Waals surface area contributed by atoms with Crippen LogP contribution in [0.1, 0.15) is 38.8 Å². The largest absolute Gasteiger partial charge is 0.465 e. The zero-order valence-corrected chi connectivity index (χ0v) is 14.0. The number of halogens is 4. The van der Waals surface area contributed by atoms with Crippen LogP contribution in [0.15, 0.2) is 30.3 Å². The highest BCUT2D eigenvalue weighted by Crippen LogP contribution is 2.38. The molecule has 0 unspecified atom stereocenters. The van der Waals surface area contributed by atoms with Gasteiger partial charge in [-0.05, 0) is 49.7 Å². The van der Waals surface area contributed by atoms with Crippen LogP contribution in [0.5, 0.6) is 11.5 Å². The topological polar surface area (TPSA) is 52.6 Å². The molecule has 0 N–H and O–H groups in total. The Labute approximate surface area is 146 Å². The fourth-order valence-corrected chi connectivity index (χ4v) is 2.31. The molecule has 0 bridgehead atoms. The van der Waals surface area contributed by atoms with E-state index in [9.17, 15) is 27.2 Å². The predicted molar refractivity (Wildman–Crippen MR) is 84.0 cm³/mol. The van der Waals surface area contributed by atoms with Gasteiger partial charge in [0, 0.05) is 5.56 Å². The molecule has 26 heavy (non-hydrogen) atoms. The van der Waals surface area contributed by atoms with Crippen LogP contribution in [0.3, 0.4) is 0 Å². The van der Waals surface area contributed by atoms with Crippen LogP contribution in [0.25, 0.3) is 0 Å². The molecule has 2 rings (SSSR count). The molecule has 0 aromatic heterocycles. The van der Waals surface area contributed by atoms with E-state index in [1.807, 2.05) is 0 Å². The first-order chi connectivity index (χ1) is 12.0. The van der Waals surface area contributed by atoms with Gasteiger partial charge in [-0.2, -0.15) is 13.2 Å². The van der Waals surface area contributed by atoms with Crippen LogP contribution in [0, 0.1) is 12.7 Å². The van der Waals surface area contributed by atoms with E-state index in [2.05, 4.69) is 4.74 Å². The summed E-state index contributed by atoms with van der Waals surface area (Å²) in [5.74, 6) is -2.63. The first-order valence-electron chi connectivity index (χ1n) is 7.33. The van der Waals surface area contributed by atoms with Gasteiger partial charge in [0.2, 0.25) is 0 Å². The number of hydrogen-bond acceptors (Lipinski definition) is 4. The van der Waals surface area contributed by atoms with Crippen molar-refractivity contribution < 1.29 is 36.6 Å². The van der Waals surface area contributed by atoms with Gasteiger partial charge in [-0.3, -0.25) is 4.79 Å². The van der Waals surface area contributed by atoms with Crippen molar-refractivity contribution in [3.63, 3.8) is 0 Å². The summed E-state index contributed by atoms with van der Waals surface area (Å²) in [6, 6.07) is 4.85. The molecule has 0 spiro atoms. The third-order valence-corrected chi connectivity index (χ3v) is 3.57. The third-order valence-electron chi connectivity index (χ3n) is 3.57. The number of carbonyl (C=O) groups is 2. The summed E-state index contributed by atoms with van der Waals surface area (Å²) in [6.07, 6.45) is -4.85. The van der Waals surface area contributed by atoms with Gasteiger partial charge >= 0.3 is 12.1 Å². The van der Waals surface area contributed by atoms with E-state index in [0.717, 1.165) is 32.2 Å². The summed E-state index contributed by atoms with van der Waals surface area (Å²) >= 11 is 0. The van der Waals surface area contributed by atoms with Crippen molar-refractivity contribution in [3.05, 3.63) is 58.4 Å². The lowest BCUT2D eigenvalue weighted by atomic mass is 9.99. The van der Waals surface area contributed by atoms with E-state index in [1.165, 1.54) is 13.0 Å². The van der Waals surface area contributed by atoms with E-state index in [0.29, 0.717) is 11.6 Å². The normalized spacial score (nSPS) is 11.2. The number of ether oxygens (including phenoxy) is 2. The Kier molecular flexibility index (Phi) is 5.34. The number of methoxy groups -OCH3 is 1. The van der Waals surface area contributed by atoms with E-state index < -0.39 is 40.4 Å². The van der Waals surface area contributed by atoms with Crippen LogP contribution in [0.4, 0.5) is 17.6 Å². The van der Waals surface area contributed by atoms with Gasteiger partial charge in [0.25, 0.3) is 0 Å². The Hall–Kier alpha value is -2.90. The Bertz CT molecular complexity index is 872. The number of aryl methyl sites for hydroxylation is 1. The Morgan fingerprint density at radius 1 is 1.00 bits per heavy atom. The molecule has 138 valence electrons. The second-order valence-electron chi connectivity index (χ2n) is 5.45. The quantitative estimate of drug-likeness (QED) is 0.435. The maximum absolute atomic E-state index is 13.2. The number of alkyl halides is 3. The third kappa shape index (κ3) is 4.01. The van der Waals surface area contributed by atoms with Gasteiger partial charge in [-0.1, -0.05) is 0 Å². The lowest BCUT2D eigenvalue weighted by Crippen LogP contribution is -2.15. The van der Waals surface area contributed by atoms with Crippen LogP contribution in [-0.4, -0.2) is 18.9 Å². The Morgan fingerprint density at radius 2 is 1.65 bits per heavy atom. The van der Waals surface area contributed by atoms with Crippen molar-refractivity contribution >= 4 is 11.8 Å². The fourth-order valence-electron chi connectivity index (χ4n) is 2.31. The van der Waals surface area contributed by atoms with Crippen LogP contribution < -0.4 is 4.74 Å². The van der Waals surface area contributed by atoms with E-state index >= 15 is 0 Å². The summed E-state index contributed by atoms with van der Waals surface area (Å²) < 4.78 is 62.9. The molecular weight excluding hydrogens is 356 g/mol. The predicted octanol–water partition coefficient (Wildman–Crippen LogP) is 4.93. The number of ketones is 1. The molecule has 0 aliphatic heterocycles. The minimum absolute atomic E-state index is 0.116. The smallest absolute Gasteiger partial charge is 0.417 e. The van der Waals surface area contributed by atoms with Crippen LogP contribution >= 0.6 is 0 Å². The molecule has 0 aliphatic carbocycles. The summed E-state index contributed by atoms with van der Waals surface area (Å²) in [4.78, 5) is 23.6. The molecule has 0 heterocycles. The standard InChI is InChI=1S/C18H14F4O4/c1-9-6-11(19)4-5-15(9)26-16-8-12(10(2)23)14(18(20,21)22)7-13(16)17(24)25-3/h4-8H,1-3H3. The Morgan fingerprint density at radius 3 is 2.15 bits per heavy atom. The average molecular weight is 370 g/mol. The minimum Gasteiger partial charge on any atom is -0.465 e. The van der Waals surface area contributed by atoms with Crippen molar-refractivity contribution in [2.45, 2.75) is 20.0 Å². The molecule has 0 aliphatic rings. The molecule has 0 atom stereocenters. The molecule has 0 radical (unpaired) electrons. The fraction of sp³-hybridized carbons (Fsp3) is 0.222. The molecule has 0 fully saturated rings. The highest BCUT2D eigenvalue weighted by molar-refractivity contribution is 5.99. The molecule has 2 aromatic carbocycles. The van der Waals surface area contributed by atoms with Gasteiger partial charge in [0.15, 0.2) is 5.78 Å². The molecule has 0 amide bonds. The van der Waals surface area contributed by atoms with Gasteiger partial charge in [0.05, 0.1) is 12.7 Å². The van der Waals surface area contributed by atoms with Crippen molar-refractivity contribution in [2.24, 2.45) is 0 Å². The highest BCUT2D eigenvalue weighted by atomic mass is 19.4. The molecule has 0 saturated heterocycles. The highest BCUT2D eigenvalue weighted by Gasteiger charge is 2.36. The van der Waals surface area contributed by atoms with Gasteiger partial charge in [-0.15, -0.1) is 0 Å². The number of carbonyl (C=O) groups excluding carboxylic acids is 2. The summed E-state index contributed by atoms with van der Waals surface area (Å²) in [7, 11) is 1.00. The van der Waals surface area contributed by atoms with Gasteiger partial charge in [-0.25, -0.2) is 9.18 Å². The molecule has 4 nitrogen and oxygen atoms in total. The molecule has 0 saturated carbocycles. The first kappa shape index (κ1) is 19.4. The van der Waals surface area contributed by atoms with E-state index in [-0.39, 0.29) is 11.5 Å². The van der Waals surface area contributed by atoms with Crippen molar-refractivity contribution in [1.29, 1.82) is 0 Å².